The Morgan fingerprint density at radius 1 is 1.23 bits per heavy atom. The number of hydrogen-bond donors (Lipinski definition) is 2. The fourth-order valence-electron chi connectivity index (χ4n) is 1.72. The first kappa shape index (κ1) is 19.3. The molecule has 0 spiro atoms. The molecule has 1 rings (SSSR count). The van der Waals surface area contributed by atoms with Crippen LogP contribution in [0, 0.1) is 0 Å². The molecule has 7 heteroatoms. The lowest BCUT2D eigenvalue weighted by Gasteiger charge is -2.13. The van der Waals surface area contributed by atoms with Crippen molar-refractivity contribution in [3.63, 3.8) is 0 Å². The molecule has 0 fully saturated rings. The van der Waals surface area contributed by atoms with E-state index >= 15 is 0 Å². The van der Waals surface area contributed by atoms with Crippen molar-refractivity contribution in [1.29, 1.82) is 0 Å². The first-order valence-electron chi connectivity index (χ1n) is 7.19. The lowest BCUT2D eigenvalue weighted by atomic mass is 10.3. The average molecular weight is 364 g/mol. The van der Waals surface area contributed by atoms with Crippen LogP contribution in [0.3, 0.4) is 0 Å². The van der Waals surface area contributed by atoms with Crippen LogP contribution in [-0.4, -0.2) is 44.7 Å². The minimum Gasteiger partial charge on any atom is -0.490 e. The highest BCUT2D eigenvalue weighted by molar-refractivity contribution is 7.98. The molecular weight excluding hydrogens is 341 g/mol. The van der Waals surface area contributed by atoms with E-state index in [1.54, 1.807) is 19.2 Å². The fourth-order valence-corrected chi connectivity index (χ4v) is 2.56. The molecule has 0 aromatic heterocycles. The van der Waals surface area contributed by atoms with Gasteiger partial charge in [0.25, 0.3) is 0 Å². The number of rotatable bonds is 9. The molecule has 0 bridgehead atoms. The molecule has 0 amide bonds. The van der Waals surface area contributed by atoms with Crippen LogP contribution < -0.4 is 15.4 Å². The van der Waals surface area contributed by atoms with Crippen molar-refractivity contribution in [2.75, 3.05) is 38.8 Å². The smallest absolute Gasteiger partial charge is 0.191 e. The second kappa shape index (κ2) is 11.7. The normalized spacial score (nSPS) is 11.4. The van der Waals surface area contributed by atoms with Crippen molar-refractivity contribution in [3.05, 3.63) is 28.2 Å². The molecule has 0 saturated heterocycles. The largest absolute Gasteiger partial charge is 0.490 e. The summed E-state index contributed by atoms with van der Waals surface area (Å²) < 4.78 is 5.61. The number of hydrogen-bond acceptors (Lipinski definition) is 3. The van der Waals surface area contributed by atoms with Gasteiger partial charge in [-0.2, -0.15) is 11.8 Å². The van der Waals surface area contributed by atoms with Crippen molar-refractivity contribution >= 4 is 40.9 Å². The standard InChI is InChI=1S/C15H23Cl2N3OS/c1-18-15(19-8-3-4-11-22-2)20-9-10-21-13-7-5-6-12(16)14(13)17/h5-7H,3-4,8-11H2,1-2H3,(H2,18,19,20). The SMILES string of the molecule is CN=C(NCCCCSC)NCCOc1cccc(Cl)c1Cl. The number of benzene rings is 1. The lowest BCUT2D eigenvalue weighted by Crippen LogP contribution is -2.39. The minimum absolute atomic E-state index is 0.445. The lowest BCUT2D eigenvalue weighted by molar-refractivity contribution is 0.322. The Hall–Kier alpha value is -0.780. The van der Waals surface area contributed by atoms with Gasteiger partial charge >= 0.3 is 0 Å². The summed E-state index contributed by atoms with van der Waals surface area (Å²) >= 11 is 13.9. The number of nitrogens with one attached hydrogen (secondary N) is 2. The number of halogens is 2. The van der Waals surface area contributed by atoms with E-state index in [4.69, 9.17) is 27.9 Å². The zero-order valence-electron chi connectivity index (χ0n) is 13.0. The molecule has 0 radical (unpaired) electrons. The number of aliphatic imine (C=N–C) groups is 1. The Labute approximate surface area is 147 Å². The summed E-state index contributed by atoms with van der Waals surface area (Å²) in [4.78, 5) is 4.17. The van der Waals surface area contributed by atoms with E-state index < -0.39 is 0 Å². The molecule has 2 N–H and O–H groups in total. The highest BCUT2D eigenvalue weighted by Gasteiger charge is 2.05. The van der Waals surface area contributed by atoms with Crippen molar-refractivity contribution < 1.29 is 4.74 Å². The quantitative estimate of drug-likeness (QED) is 0.399. The minimum atomic E-state index is 0.445. The second-order valence-electron chi connectivity index (χ2n) is 4.53. The molecule has 4 nitrogen and oxygen atoms in total. The Kier molecular flexibility index (Phi) is 10.3. The fraction of sp³-hybridized carbons (Fsp3) is 0.533. The van der Waals surface area contributed by atoms with Crippen LogP contribution in [0.4, 0.5) is 0 Å². The topological polar surface area (TPSA) is 45.7 Å². The van der Waals surface area contributed by atoms with E-state index in [1.165, 1.54) is 12.2 Å². The van der Waals surface area contributed by atoms with Gasteiger partial charge in [-0.15, -0.1) is 0 Å². The Balaban J connectivity index is 2.20. The third-order valence-electron chi connectivity index (χ3n) is 2.86. The molecule has 0 atom stereocenters. The van der Waals surface area contributed by atoms with Gasteiger partial charge in [-0.05, 0) is 37.0 Å². The summed E-state index contributed by atoms with van der Waals surface area (Å²) in [7, 11) is 1.76. The van der Waals surface area contributed by atoms with Crippen molar-refractivity contribution in [2.45, 2.75) is 12.8 Å². The molecule has 1 aromatic rings. The van der Waals surface area contributed by atoms with Gasteiger partial charge in [0.1, 0.15) is 17.4 Å². The number of guanidine groups is 1. The molecule has 0 saturated carbocycles. The van der Waals surface area contributed by atoms with Gasteiger partial charge in [-0.1, -0.05) is 29.3 Å². The van der Waals surface area contributed by atoms with Crippen LogP contribution in [0.25, 0.3) is 0 Å². The van der Waals surface area contributed by atoms with Crippen molar-refractivity contribution in [1.82, 2.24) is 10.6 Å². The molecule has 0 unspecified atom stereocenters. The summed E-state index contributed by atoms with van der Waals surface area (Å²) in [6, 6.07) is 5.34. The third kappa shape index (κ3) is 7.47. The number of ether oxygens (including phenoxy) is 1. The Morgan fingerprint density at radius 2 is 2.00 bits per heavy atom. The van der Waals surface area contributed by atoms with Gasteiger partial charge in [0.2, 0.25) is 0 Å². The predicted octanol–water partition coefficient (Wildman–Crippen LogP) is 3.68. The summed E-state index contributed by atoms with van der Waals surface area (Å²) in [6.45, 7) is 2.03. The van der Waals surface area contributed by atoms with Crippen LogP contribution in [0.1, 0.15) is 12.8 Å². The van der Waals surface area contributed by atoms with Gasteiger partial charge in [0.05, 0.1) is 11.6 Å². The van der Waals surface area contributed by atoms with Crippen molar-refractivity contribution in [3.8, 4) is 5.75 Å². The summed E-state index contributed by atoms with van der Waals surface area (Å²) in [5.74, 6) is 2.57. The Morgan fingerprint density at radius 3 is 2.73 bits per heavy atom. The van der Waals surface area contributed by atoms with Crippen LogP contribution in [0.2, 0.25) is 10.0 Å². The van der Waals surface area contributed by atoms with Crippen LogP contribution in [-0.2, 0) is 0 Å². The van der Waals surface area contributed by atoms with Crippen LogP contribution in [0.5, 0.6) is 5.75 Å². The molecule has 124 valence electrons. The first-order valence-corrected chi connectivity index (χ1v) is 9.34. The van der Waals surface area contributed by atoms with E-state index in [-0.39, 0.29) is 0 Å². The third-order valence-corrected chi connectivity index (χ3v) is 4.36. The van der Waals surface area contributed by atoms with Crippen LogP contribution in [0.15, 0.2) is 23.2 Å². The van der Waals surface area contributed by atoms with E-state index in [2.05, 4.69) is 21.9 Å². The van der Waals surface area contributed by atoms with Gasteiger partial charge in [-0.25, -0.2) is 0 Å². The molecule has 0 aliphatic rings. The summed E-state index contributed by atoms with van der Waals surface area (Å²) in [5.41, 5.74) is 0. The molecule has 0 aliphatic heterocycles. The first-order chi connectivity index (χ1) is 10.7. The maximum Gasteiger partial charge on any atom is 0.191 e. The van der Waals surface area contributed by atoms with E-state index in [0.29, 0.717) is 28.9 Å². The van der Waals surface area contributed by atoms with Gasteiger partial charge in [0, 0.05) is 13.6 Å². The molecular formula is C15H23Cl2N3OS. The molecule has 1 aromatic carbocycles. The zero-order valence-corrected chi connectivity index (χ0v) is 15.3. The van der Waals surface area contributed by atoms with E-state index in [9.17, 15) is 0 Å². The summed E-state index contributed by atoms with van der Waals surface area (Å²) in [6.07, 6.45) is 4.47. The number of unbranched alkanes of at least 4 members (excludes halogenated alkanes) is 1. The number of nitrogens with zero attached hydrogens (tertiary/aromatic N) is 1. The average Bonchev–Trinajstić information content (AvgIpc) is 2.53. The van der Waals surface area contributed by atoms with E-state index in [1.807, 2.05) is 17.8 Å². The molecule has 0 aliphatic carbocycles. The van der Waals surface area contributed by atoms with Gasteiger partial charge in [-0.3, -0.25) is 4.99 Å². The monoisotopic (exact) mass is 363 g/mol. The highest BCUT2D eigenvalue weighted by atomic mass is 35.5. The predicted molar refractivity (Wildman–Crippen MR) is 98.9 cm³/mol. The second-order valence-corrected chi connectivity index (χ2v) is 6.30. The zero-order chi connectivity index (χ0) is 16.2. The van der Waals surface area contributed by atoms with E-state index in [0.717, 1.165) is 18.9 Å². The Bertz CT molecular complexity index is 472. The maximum absolute atomic E-state index is 6.06. The van der Waals surface area contributed by atoms with Crippen molar-refractivity contribution in [2.24, 2.45) is 4.99 Å². The van der Waals surface area contributed by atoms with Gasteiger partial charge in [0.15, 0.2) is 5.96 Å². The number of thioether (sulfide) groups is 1. The van der Waals surface area contributed by atoms with Gasteiger partial charge < -0.3 is 15.4 Å². The molecule has 22 heavy (non-hydrogen) atoms. The molecule has 0 heterocycles. The van der Waals surface area contributed by atoms with Crippen LogP contribution >= 0.6 is 35.0 Å². The highest BCUT2D eigenvalue weighted by Crippen LogP contribution is 2.31. The summed E-state index contributed by atoms with van der Waals surface area (Å²) in [5, 5.41) is 7.41. The maximum atomic E-state index is 6.06.